The summed E-state index contributed by atoms with van der Waals surface area (Å²) in [7, 11) is -3.12. The predicted octanol–water partition coefficient (Wildman–Crippen LogP) is 4.23. The molecule has 0 radical (unpaired) electrons. The van der Waals surface area contributed by atoms with Crippen molar-refractivity contribution in [3.63, 3.8) is 0 Å². The summed E-state index contributed by atoms with van der Waals surface area (Å²) < 4.78 is 31.4. The van der Waals surface area contributed by atoms with E-state index in [2.05, 4.69) is 10.4 Å². The van der Waals surface area contributed by atoms with Crippen LogP contribution < -0.4 is 5.32 Å². The minimum absolute atomic E-state index is 0.0138. The summed E-state index contributed by atoms with van der Waals surface area (Å²) in [5, 5.41) is 8.25. The largest absolute Gasteiger partial charge is 0.463 e. The lowest BCUT2D eigenvalue weighted by atomic mass is 10.1. The van der Waals surface area contributed by atoms with Gasteiger partial charge in [0.15, 0.2) is 21.2 Å². The number of hydrogen-bond acceptors (Lipinski definition) is 6. The van der Waals surface area contributed by atoms with Crippen LogP contribution in [0.1, 0.15) is 39.6 Å². The van der Waals surface area contributed by atoms with Crippen molar-refractivity contribution in [2.24, 2.45) is 0 Å². The fraction of sp³-hybridized carbons (Fsp3) is 0.292. The van der Waals surface area contributed by atoms with Crippen LogP contribution in [-0.2, 0) is 9.84 Å². The van der Waals surface area contributed by atoms with Gasteiger partial charge in [0.05, 0.1) is 40.5 Å². The van der Waals surface area contributed by atoms with Gasteiger partial charge in [-0.2, -0.15) is 5.10 Å². The molecule has 1 aliphatic heterocycles. The molecule has 0 spiro atoms. The van der Waals surface area contributed by atoms with E-state index in [1.54, 1.807) is 29.1 Å². The molecule has 1 atom stereocenters. The Bertz CT molecular complexity index is 1490. The van der Waals surface area contributed by atoms with Crippen LogP contribution in [0.25, 0.3) is 22.5 Å². The molecule has 5 rings (SSSR count). The van der Waals surface area contributed by atoms with Gasteiger partial charge in [0, 0.05) is 5.69 Å². The summed E-state index contributed by atoms with van der Waals surface area (Å²) in [6, 6.07) is 10.8. The highest BCUT2D eigenvalue weighted by molar-refractivity contribution is 7.91. The van der Waals surface area contributed by atoms with Crippen molar-refractivity contribution >= 4 is 32.5 Å². The number of amides is 1. The normalized spacial score (nSPS) is 17.5. The van der Waals surface area contributed by atoms with Gasteiger partial charge >= 0.3 is 0 Å². The number of carbonyl (C=O) groups excluding carboxylic acids is 1. The molecule has 1 aliphatic rings. The highest BCUT2D eigenvalue weighted by atomic mass is 32.2. The van der Waals surface area contributed by atoms with Crippen molar-refractivity contribution in [3.8, 4) is 11.5 Å². The summed E-state index contributed by atoms with van der Waals surface area (Å²) in [5.74, 6) is 0.364. The number of furan rings is 1. The van der Waals surface area contributed by atoms with Crippen molar-refractivity contribution in [2.75, 3.05) is 16.8 Å². The van der Waals surface area contributed by atoms with Crippen LogP contribution in [0.3, 0.4) is 0 Å². The van der Waals surface area contributed by atoms with E-state index in [1.807, 2.05) is 39.0 Å². The molecule has 1 unspecified atom stereocenters. The van der Waals surface area contributed by atoms with Crippen molar-refractivity contribution < 1.29 is 17.6 Å². The molecule has 170 valence electrons. The van der Waals surface area contributed by atoms with Crippen LogP contribution >= 0.6 is 0 Å². The topological polar surface area (TPSA) is 107 Å². The van der Waals surface area contributed by atoms with Crippen LogP contribution in [0.5, 0.6) is 0 Å². The van der Waals surface area contributed by atoms with Crippen LogP contribution in [0, 0.1) is 20.8 Å². The average Bonchev–Trinajstić information content (AvgIpc) is 3.49. The quantitative estimate of drug-likeness (QED) is 0.484. The molecule has 1 amide bonds. The summed E-state index contributed by atoms with van der Waals surface area (Å²) in [6.45, 7) is 5.72. The molecule has 1 aromatic carbocycles. The Hall–Kier alpha value is -3.46. The van der Waals surface area contributed by atoms with Crippen LogP contribution in [0.4, 0.5) is 5.69 Å². The van der Waals surface area contributed by atoms with Gasteiger partial charge in [-0.1, -0.05) is 12.1 Å². The molecule has 8 nitrogen and oxygen atoms in total. The lowest BCUT2D eigenvalue weighted by Gasteiger charge is -2.13. The number of nitrogens with zero attached hydrogens (tertiary/aromatic N) is 3. The summed E-state index contributed by atoms with van der Waals surface area (Å²) in [4.78, 5) is 18.2. The van der Waals surface area contributed by atoms with E-state index < -0.39 is 9.84 Å². The van der Waals surface area contributed by atoms with E-state index in [9.17, 15) is 13.2 Å². The first-order valence-electron chi connectivity index (χ1n) is 10.7. The second-order valence-electron chi connectivity index (χ2n) is 8.59. The fourth-order valence-corrected chi connectivity index (χ4v) is 6.02. The van der Waals surface area contributed by atoms with E-state index in [1.165, 1.54) is 0 Å². The van der Waals surface area contributed by atoms with Crippen LogP contribution in [0.2, 0.25) is 0 Å². The average molecular weight is 465 g/mol. The molecule has 4 aromatic rings. The Morgan fingerprint density at radius 1 is 1.18 bits per heavy atom. The maximum Gasteiger partial charge on any atom is 0.256 e. The van der Waals surface area contributed by atoms with E-state index in [-0.39, 0.29) is 23.5 Å². The number of pyridine rings is 1. The van der Waals surface area contributed by atoms with Crippen LogP contribution in [0.15, 0.2) is 47.1 Å². The number of nitrogens with one attached hydrogen (secondary N) is 1. The van der Waals surface area contributed by atoms with Gasteiger partial charge in [-0.25, -0.2) is 18.1 Å². The van der Waals surface area contributed by atoms with Gasteiger partial charge in [-0.15, -0.1) is 0 Å². The van der Waals surface area contributed by atoms with Gasteiger partial charge in [0.25, 0.3) is 5.91 Å². The van der Waals surface area contributed by atoms with Gasteiger partial charge in [0.1, 0.15) is 5.69 Å². The van der Waals surface area contributed by atoms with Crippen molar-refractivity contribution in [3.05, 3.63) is 65.0 Å². The van der Waals surface area contributed by atoms with Crippen molar-refractivity contribution in [1.82, 2.24) is 14.8 Å². The van der Waals surface area contributed by atoms with E-state index >= 15 is 0 Å². The third kappa shape index (κ3) is 3.93. The lowest BCUT2D eigenvalue weighted by molar-refractivity contribution is 0.102. The van der Waals surface area contributed by atoms with Crippen molar-refractivity contribution in [2.45, 2.75) is 33.2 Å². The minimum atomic E-state index is -3.12. The van der Waals surface area contributed by atoms with Crippen molar-refractivity contribution in [1.29, 1.82) is 0 Å². The zero-order chi connectivity index (χ0) is 23.3. The Kier molecular flexibility index (Phi) is 5.08. The predicted molar refractivity (Wildman–Crippen MR) is 126 cm³/mol. The maximum atomic E-state index is 13.5. The first kappa shape index (κ1) is 21.4. The first-order chi connectivity index (χ1) is 15.7. The number of anilines is 1. The number of aromatic nitrogens is 3. The number of rotatable bonds is 4. The highest BCUT2D eigenvalue weighted by Crippen LogP contribution is 2.32. The van der Waals surface area contributed by atoms with Gasteiger partial charge in [0.2, 0.25) is 0 Å². The summed E-state index contributed by atoms with van der Waals surface area (Å²) in [5.41, 5.74) is 4.73. The maximum absolute atomic E-state index is 13.5. The first-order valence-corrected chi connectivity index (χ1v) is 12.6. The number of fused-ring (bicyclic) bond motifs is 1. The summed E-state index contributed by atoms with van der Waals surface area (Å²) in [6.07, 6.45) is 2.01. The van der Waals surface area contributed by atoms with E-state index in [0.717, 1.165) is 16.8 Å². The second kappa shape index (κ2) is 7.84. The Labute approximate surface area is 191 Å². The monoisotopic (exact) mass is 464 g/mol. The minimum Gasteiger partial charge on any atom is -0.463 e. The Morgan fingerprint density at radius 3 is 2.70 bits per heavy atom. The third-order valence-electron chi connectivity index (χ3n) is 6.05. The standard InChI is InChI=1S/C24H24N4O4S/c1-14-6-7-15(2)19(11-14)26-24(29)18-12-20(21-5-4-9-32-21)25-23-22(18)16(3)27-28(23)17-8-10-33(30,31)13-17/h4-7,9,11-12,17H,8,10,13H2,1-3H3,(H,26,29). The Morgan fingerprint density at radius 2 is 2.00 bits per heavy atom. The van der Waals surface area contributed by atoms with Gasteiger partial charge in [-0.3, -0.25) is 4.79 Å². The second-order valence-corrected chi connectivity index (χ2v) is 10.8. The lowest BCUT2D eigenvalue weighted by Crippen LogP contribution is -2.15. The molecule has 0 bridgehead atoms. The van der Waals surface area contributed by atoms with E-state index in [0.29, 0.717) is 40.2 Å². The molecule has 1 saturated heterocycles. The van der Waals surface area contributed by atoms with E-state index in [4.69, 9.17) is 9.40 Å². The molecule has 1 fully saturated rings. The van der Waals surface area contributed by atoms with Gasteiger partial charge in [-0.05, 0) is 62.6 Å². The molecule has 0 saturated carbocycles. The Balaban J connectivity index is 1.67. The number of aryl methyl sites for hydroxylation is 3. The molecular formula is C24H24N4O4S. The zero-order valence-electron chi connectivity index (χ0n) is 18.6. The SMILES string of the molecule is Cc1ccc(C)c(NC(=O)c2cc(-c3ccco3)nc3c2c(C)nn3C2CCS(=O)(=O)C2)c1. The smallest absolute Gasteiger partial charge is 0.256 e. The van der Waals surface area contributed by atoms with Crippen LogP contribution in [-0.4, -0.2) is 40.6 Å². The highest BCUT2D eigenvalue weighted by Gasteiger charge is 2.32. The molecular weight excluding hydrogens is 440 g/mol. The number of sulfone groups is 1. The third-order valence-corrected chi connectivity index (χ3v) is 7.80. The number of hydrogen-bond donors (Lipinski definition) is 1. The zero-order valence-corrected chi connectivity index (χ0v) is 19.4. The number of carbonyl (C=O) groups is 1. The molecule has 3 aromatic heterocycles. The summed E-state index contributed by atoms with van der Waals surface area (Å²) >= 11 is 0. The molecule has 0 aliphatic carbocycles. The fourth-order valence-electron chi connectivity index (χ4n) is 4.33. The molecule has 9 heteroatoms. The molecule has 4 heterocycles. The molecule has 33 heavy (non-hydrogen) atoms. The van der Waals surface area contributed by atoms with Gasteiger partial charge < -0.3 is 9.73 Å². The molecule has 1 N–H and O–H groups in total. The number of benzene rings is 1.